The molecule has 29 heavy (non-hydrogen) atoms. The molecule has 0 saturated heterocycles. The molecule has 4 aromatic rings. The first-order valence-corrected chi connectivity index (χ1v) is 10.4. The summed E-state index contributed by atoms with van der Waals surface area (Å²) in [5.41, 5.74) is 3.41. The van der Waals surface area contributed by atoms with Crippen molar-refractivity contribution in [3.05, 3.63) is 94.2 Å². The van der Waals surface area contributed by atoms with Crippen LogP contribution in [0.2, 0.25) is 0 Å². The van der Waals surface area contributed by atoms with Crippen LogP contribution in [0.3, 0.4) is 0 Å². The summed E-state index contributed by atoms with van der Waals surface area (Å²) in [5, 5.41) is 11.9. The van der Waals surface area contributed by atoms with Crippen molar-refractivity contribution in [1.29, 1.82) is 0 Å². The van der Waals surface area contributed by atoms with Crippen LogP contribution in [0.1, 0.15) is 11.1 Å². The van der Waals surface area contributed by atoms with Crippen LogP contribution in [-0.2, 0) is 10.0 Å². The number of hydrogen-bond acceptors (Lipinski definition) is 4. The lowest BCUT2D eigenvalue weighted by atomic mass is 10.0. The van der Waals surface area contributed by atoms with Crippen molar-refractivity contribution in [3.8, 4) is 11.1 Å². The Morgan fingerprint density at radius 1 is 0.897 bits per heavy atom. The first kappa shape index (κ1) is 18.9. The molecule has 0 spiro atoms. The molecule has 7 heteroatoms. The predicted molar refractivity (Wildman–Crippen MR) is 113 cm³/mol. The monoisotopic (exact) mass is 406 g/mol. The zero-order valence-electron chi connectivity index (χ0n) is 15.9. The van der Waals surface area contributed by atoms with Gasteiger partial charge in [-0.1, -0.05) is 36.4 Å². The number of fused-ring (bicyclic) bond motifs is 1. The van der Waals surface area contributed by atoms with E-state index in [1.807, 2.05) is 32.0 Å². The third-order valence-corrected chi connectivity index (χ3v) is 6.45. The molecule has 0 radical (unpaired) electrons. The molecular formula is C22H18N2O4S. The largest absolute Gasteiger partial charge is 0.270 e. The van der Waals surface area contributed by atoms with Crippen molar-refractivity contribution in [2.75, 3.05) is 0 Å². The minimum absolute atomic E-state index is 0.0449. The van der Waals surface area contributed by atoms with Gasteiger partial charge in [0.1, 0.15) is 0 Å². The molecule has 0 unspecified atom stereocenters. The molecule has 0 amide bonds. The molecule has 0 aliphatic heterocycles. The van der Waals surface area contributed by atoms with Crippen molar-refractivity contribution in [3.63, 3.8) is 0 Å². The van der Waals surface area contributed by atoms with Gasteiger partial charge < -0.3 is 0 Å². The van der Waals surface area contributed by atoms with Crippen molar-refractivity contribution < 1.29 is 13.3 Å². The third kappa shape index (κ3) is 3.30. The third-order valence-electron chi connectivity index (χ3n) is 4.80. The molecule has 0 bridgehead atoms. The van der Waals surface area contributed by atoms with E-state index in [-0.39, 0.29) is 10.6 Å². The van der Waals surface area contributed by atoms with Crippen LogP contribution in [0.4, 0.5) is 5.69 Å². The van der Waals surface area contributed by atoms with Gasteiger partial charge in [0.25, 0.3) is 15.7 Å². The maximum absolute atomic E-state index is 13.4. The molecule has 0 aliphatic carbocycles. The Bertz CT molecular complexity index is 1350. The lowest BCUT2D eigenvalue weighted by molar-refractivity contribution is -0.384. The topological polar surface area (TPSA) is 82.2 Å². The summed E-state index contributed by atoms with van der Waals surface area (Å²) in [5.74, 6) is 0. The maximum Gasteiger partial charge on any atom is 0.270 e. The van der Waals surface area contributed by atoms with E-state index in [0.29, 0.717) is 22.0 Å². The van der Waals surface area contributed by atoms with Crippen LogP contribution in [0.5, 0.6) is 0 Å². The Morgan fingerprint density at radius 2 is 1.59 bits per heavy atom. The van der Waals surface area contributed by atoms with Crippen LogP contribution in [0.15, 0.2) is 77.8 Å². The van der Waals surface area contributed by atoms with Gasteiger partial charge in [-0.25, -0.2) is 12.4 Å². The van der Waals surface area contributed by atoms with Gasteiger partial charge in [0.05, 0.1) is 15.3 Å². The molecular weight excluding hydrogens is 388 g/mol. The fourth-order valence-electron chi connectivity index (χ4n) is 3.56. The standard InChI is InChI=1S/C22H18N2O4S/c1-15-10-16(2)12-19(11-15)29(27,28)23-14-21(20-8-3-4-9-22(20)23)17-6-5-7-18(13-17)24(25)26/h3-14H,1-2H3. The Kier molecular flexibility index (Phi) is 4.47. The molecule has 146 valence electrons. The SMILES string of the molecule is Cc1cc(C)cc(S(=O)(=O)n2cc(-c3cccc([N+](=O)[O-])c3)c3ccccc32)c1. The number of nitro benzene ring substituents is 1. The highest BCUT2D eigenvalue weighted by atomic mass is 32.2. The molecule has 4 rings (SSSR count). The Balaban J connectivity index is 1.98. The normalized spacial score (nSPS) is 11.7. The van der Waals surface area contributed by atoms with Gasteiger partial charge in [-0.2, -0.15) is 0 Å². The van der Waals surface area contributed by atoms with E-state index in [0.717, 1.165) is 11.1 Å². The number of benzene rings is 3. The van der Waals surface area contributed by atoms with Crippen molar-refractivity contribution in [2.45, 2.75) is 18.7 Å². The average molecular weight is 406 g/mol. The molecule has 0 atom stereocenters. The fraction of sp³-hybridized carbons (Fsp3) is 0.0909. The van der Waals surface area contributed by atoms with E-state index in [2.05, 4.69) is 0 Å². The highest BCUT2D eigenvalue weighted by molar-refractivity contribution is 7.90. The number of nitrogens with zero attached hydrogens (tertiary/aromatic N) is 2. The van der Waals surface area contributed by atoms with Gasteiger partial charge in [-0.15, -0.1) is 0 Å². The summed E-state index contributed by atoms with van der Waals surface area (Å²) in [4.78, 5) is 10.9. The average Bonchev–Trinajstić information content (AvgIpc) is 3.08. The summed E-state index contributed by atoms with van der Waals surface area (Å²) in [6.07, 6.45) is 1.54. The summed E-state index contributed by atoms with van der Waals surface area (Å²) >= 11 is 0. The smallest absolute Gasteiger partial charge is 0.258 e. The minimum atomic E-state index is -3.84. The second kappa shape index (κ2) is 6.86. The van der Waals surface area contributed by atoms with E-state index in [9.17, 15) is 18.5 Å². The second-order valence-corrected chi connectivity index (χ2v) is 8.81. The van der Waals surface area contributed by atoms with Gasteiger partial charge in [0.2, 0.25) is 0 Å². The van der Waals surface area contributed by atoms with Gasteiger partial charge >= 0.3 is 0 Å². The first-order chi connectivity index (χ1) is 13.8. The molecule has 3 aromatic carbocycles. The Labute approximate surface area is 168 Å². The quantitative estimate of drug-likeness (QED) is 0.350. The van der Waals surface area contributed by atoms with Crippen molar-refractivity contribution in [2.24, 2.45) is 0 Å². The Hall–Kier alpha value is -3.45. The van der Waals surface area contributed by atoms with E-state index >= 15 is 0 Å². The van der Waals surface area contributed by atoms with Crippen LogP contribution in [-0.4, -0.2) is 17.3 Å². The maximum atomic E-state index is 13.4. The number of nitro groups is 1. The number of rotatable bonds is 4. The van der Waals surface area contributed by atoms with E-state index in [4.69, 9.17) is 0 Å². The van der Waals surface area contributed by atoms with Gasteiger partial charge in [-0.3, -0.25) is 10.1 Å². The molecule has 0 fully saturated rings. The van der Waals surface area contributed by atoms with E-state index in [1.54, 1.807) is 36.4 Å². The summed E-state index contributed by atoms with van der Waals surface area (Å²) < 4.78 is 28.1. The number of aromatic nitrogens is 1. The van der Waals surface area contributed by atoms with Gasteiger partial charge in [0.15, 0.2) is 0 Å². The molecule has 0 saturated carbocycles. The molecule has 0 aliphatic rings. The molecule has 1 heterocycles. The molecule has 0 N–H and O–H groups in total. The van der Waals surface area contributed by atoms with E-state index < -0.39 is 14.9 Å². The minimum Gasteiger partial charge on any atom is -0.258 e. The van der Waals surface area contributed by atoms with Gasteiger partial charge in [0, 0.05) is 29.3 Å². The van der Waals surface area contributed by atoms with Crippen LogP contribution < -0.4 is 0 Å². The van der Waals surface area contributed by atoms with Crippen LogP contribution in [0.25, 0.3) is 22.0 Å². The predicted octanol–water partition coefficient (Wildman–Crippen LogP) is 5.07. The number of para-hydroxylation sites is 1. The number of aryl methyl sites for hydroxylation is 2. The summed E-state index contributed by atoms with van der Waals surface area (Å²) in [6, 6.07) is 18.5. The second-order valence-electron chi connectivity index (χ2n) is 6.99. The van der Waals surface area contributed by atoms with E-state index in [1.165, 1.54) is 22.3 Å². The number of non-ortho nitro benzene ring substituents is 1. The van der Waals surface area contributed by atoms with Gasteiger partial charge in [-0.05, 0) is 48.7 Å². The molecule has 1 aromatic heterocycles. The highest BCUT2D eigenvalue weighted by Gasteiger charge is 2.22. The summed E-state index contributed by atoms with van der Waals surface area (Å²) in [6.45, 7) is 3.71. The lowest BCUT2D eigenvalue weighted by Crippen LogP contribution is -2.12. The van der Waals surface area contributed by atoms with Crippen LogP contribution in [0, 0.1) is 24.0 Å². The lowest BCUT2D eigenvalue weighted by Gasteiger charge is -2.09. The number of hydrogen-bond donors (Lipinski definition) is 0. The van der Waals surface area contributed by atoms with Crippen LogP contribution >= 0.6 is 0 Å². The first-order valence-electron chi connectivity index (χ1n) is 8.96. The Morgan fingerprint density at radius 3 is 2.28 bits per heavy atom. The fourth-order valence-corrected chi connectivity index (χ4v) is 5.12. The molecule has 6 nitrogen and oxygen atoms in total. The summed E-state index contributed by atoms with van der Waals surface area (Å²) in [7, 11) is -3.84. The van der Waals surface area contributed by atoms with Crippen molar-refractivity contribution in [1.82, 2.24) is 3.97 Å². The van der Waals surface area contributed by atoms with Crippen molar-refractivity contribution >= 4 is 26.6 Å². The zero-order chi connectivity index (χ0) is 20.8. The highest BCUT2D eigenvalue weighted by Crippen LogP contribution is 2.34. The zero-order valence-corrected chi connectivity index (χ0v) is 16.7.